The molecular formula is C20H14Cl3F3N2O4. The summed E-state index contributed by atoms with van der Waals surface area (Å²) in [6.07, 6.45) is -6.41. The molecule has 2 N–H and O–H groups in total. The summed E-state index contributed by atoms with van der Waals surface area (Å²) in [5.74, 6) is -1.18. The van der Waals surface area contributed by atoms with Crippen molar-refractivity contribution in [2.45, 2.75) is 25.7 Å². The average molecular weight is 510 g/mol. The van der Waals surface area contributed by atoms with Crippen LogP contribution in [0.25, 0.3) is 10.9 Å². The predicted molar refractivity (Wildman–Crippen MR) is 114 cm³/mol. The molecule has 0 aliphatic carbocycles. The standard InChI is InChI=1S/C20H14Cl3F3N2O4/c1-2-28-14-8-13(23)16(32-19(30)31)7-10(14)6-15(28)18(29)27-17(20(24,25)26)9-3-4-11(21)12(22)5-9/h3-8,17H,2H2,1H3,(H,27,29)(H,30,31). The van der Waals surface area contributed by atoms with Gasteiger partial charge in [-0.25, -0.2) is 4.79 Å². The molecule has 0 bridgehead atoms. The van der Waals surface area contributed by atoms with Gasteiger partial charge in [-0.3, -0.25) is 4.79 Å². The van der Waals surface area contributed by atoms with E-state index in [1.54, 1.807) is 6.92 Å². The number of nitrogens with zero attached hydrogens (tertiary/aromatic N) is 1. The van der Waals surface area contributed by atoms with Crippen LogP contribution in [0.4, 0.5) is 18.0 Å². The monoisotopic (exact) mass is 508 g/mol. The van der Waals surface area contributed by atoms with E-state index in [4.69, 9.17) is 39.9 Å². The van der Waals surface area contributed by atoms with E-state index < -0.39 is 24.3 Å². The lowest BCUT2D eigenvalue weighted by Gasteiger charge is -2.22. The van der Waals surface area contributed by atoms with Gasteiger partial charge in [0.1, 0.15) is 5.69 Å². The summed E-state index contributed by atoms with van der Waals surface area (Å²) in [6.45, 7) is 1.91. The number of ether oxygens (including phenoxy) is 1. The zero-order valence-corrected chi connectivity index (χ0v) is 18.4. The van der Waals surface area contributed by atoms with Crippen LogP contribution in [0.1, 0.15) is 29.0 Å². The van der Waals surface area contributed by atoms with E-state index in [9.17, 15) is 22.8 Å². The maximum absolute atomic E-state index is 13.7. The minimum Gasteiger partial charge on any atom is -0.449 e. The number of hydrogen-bond donors (Lipinski definition) is 2. The highest BCUT2D eigenvalue weighted by molar-refractivity contribution is 6.42. The van der Waals surface area contributed by atoms with Crippen LogP contribution in [-0.2, 0) is 6.54 Å². The number of carbonyl (C=O) groups is 2. The van der Waals surface area contributed by atoms with Gasteiger partial charge >= 0.3 is 12.3 Å². The van der Waals surface area contributed by atoms with Crippen molar-refractivity contribution < 1.29 is 32.6 Å². The minimum atomic E-state index is -4.82. The number of nitrogens with one attached hydrogen (secondary N) is 1. The molecule has 3 rings (SSSR count). The Morgan fingerprint density at radius 1 is 1.09 bits per heavy atom. The van der Waals surface area contributed by atoms with Crippen molar-refractivity contribution in [3.63, 3.8) is 0 Å². The molecule has 1 heterocycles. The fourth-order valence-corrected chi connectivity index (χ4v) is 3.72. The Morgan fingerprint density at radius 2 is 1.78 bits per heavy atom. The fourth-order valence-electron chi connectivity index (χ4n) is 3.22. The molecule has 0 radical (unpaired) electrons. The second kappa shape index (κ2) is 9.09. The Hall–Kier alpha value is -2.62. The van der Waals surface area contributed by atoms with Crippen LogP contribution in [-0.4, -0.2) is 27.9 Å². The summed E-state index contributed by atoms with van der Waals surface area (Å²) in [7, 11) is 0. The van der Waals surface area contributed by atoms with Crippen LogP contribution in [0, 0.1) is 0 Å². The van der Waals surface area contributed by atoms with Crippen LogP contribution >= 0.6 is 34.8 Å². The number of aromatic nitrogens is 1. The molecule has 3 aromatic rings. The highest BCUT2D eigenvalue weighted by Gasteiger charge is 2.42. The molecule has 0 saturated heterocycles. The average Bonchev–Trinajstić information content (AvgIpc) is 3.04. The Morgan fingerprint density at radius 3 is 2.34 bits per heavy atom. The number of halogens is 6. The number of alkyl halides is 3. The van der Waals surface area contributed by atoms with Crippen LogP contribution in [0.5, 0.6) is 5.75 Å². The van der Waals surface area contributed by atoms with Gasteiger partial charge in [-0.05, 0) is 42.8 Å². The number of aryl methyl sites for hydroxylation is 1. The molecule has 0 fully saturated rings. The maximum atomic E-state index is 13.7. The number of hydrogen-bond acceptors (Lipinski definition) is 3. The lowest BCUT2D eigenvalue weighted by Crippen LogP contribution is -2.38. The van der Waals surface area contributed by atoms with Gasteiger partial charge in [-0.15, -0.1) is 0 Å². The summed E-state index contributed by atoms with van der Waals surface area (Å²) in [6, 6.07) is 5.00. The van der Waals surface area contributed by atoms with Crippen molar-refractivity contribution in [3.05, 3.63) is 62.7 Å². The largest absolute Gasteiger partial charge is 0.511 e. The first-order valence-corrected chi connectivity index (χ1v) is 10.1. The Bertz CT molecular complexity index is 1210. The van der Waals surface area contributed by atoms with E-state index in [1.165, 1.54) is 28.8 Å². The lowest BCUT2D eigenvalue weighted by molar-refractivity contribution is -0.155. The molecule has 0 saturated carbocycles. The van der Waals surface area contributed by atoms with Gasteiger partial charge < -0.3 is 19.7 Å². The molecule has 12 heteroatoms. The van der Waals surface area contributed by atoms with E-state index in [0.29, 0.717) is 10.9 Å². The van der Waals surface area contributed by atoms with Gasteiger partial charge in [0.2, 0.25) is 0 Å². The van der Waals surface area contributed by atoms with Crippen molar-refractivity contribution in [2.75, 3.05) is 0 Å². The van der Waals surface area contributed by atoms with E-state index in [2.05, 4.69) is 4.74 Å². The second-order valence-electron chi connectivity index (χ2n) is 6.60. The first kappa shape index (κ1) is 24.0. The molecule has 0 aliphatic rings. The van der Waals surface area contributed by atoms with E-state index >= 15 is 0 Å². The Balaban J connectivity index is 2.03. The maximum Gasteiger partial charge on any atom is 0.511 e. The fraction of sp³-hybridized carbons (Fsp3) is 0.200. The first-order chi connectivity index (χ1) is 14.9. The molecular weight excluding hydrogens is 496 g/mol. The van der Waals surface area contributed by atoms with Gasteiger partial charge in [0.15, 0.2) is 11.8 Å². The third-order valence-electron chi connectivity index (χ3n) is 4.58. The first-order valence-electron chi connectivity index (χ1n) is 8.98. The zero-order valence-electron chi connectivity index (χ0n) is 16.1. The van der Waals surface area contributed by atoms with E-state index in [1.807, 2.05) is 5.32 Å². The van der Waals surface area contributed by atoms with Crippen molar-refractivity contribution in [3.8, 4) is 5.75 Å². The molecule has 2 aromatic carbocycles. The molecule has 6 nitrogen and oxygen atoms in total. The van der Waals surface area contributed by atoms with Crippen LogP contribution in [0.2, 0.25) is 15.1 Å². The summed E-state index contributed by atoms with van der Waals surface area (Å²) in [4.78, 5) is 23.7. The minimum absolute atomic E-state index is 0.0383. The van der Waals surface area contributed by atoms with Gasteiger partial charge in [0.25, 0.3) is 5.91 Å². The van der Waals surface area contributed by atoms with Crippen molar-refractivity contribution in [1.82, 2.24) is 9.88 Å². The Kier molecular flexibility index (Phi) is 6.83. The highest BCUT2D eigenvalue weighted by Crippen LogP contribution is 2.36. The van der Waals surface area contributed by atoms with Crippen LogP contribution < -0.4 is 10.1 Å². The van der Waals surface area contributed by atoms with Crippen molar-refractivity contribution in [2.24, 2.45) is 0 Å². The highest BCUT2D eigenvalue weighted by atomic mass is 35.5. The number of rotatable bonds is 5. The van der Waals surface area contributed by atoms with Crippen molar-refractivity contribution in [1.29, 1.82) is 0 Å². The summed E-state index contributed by atoms with van der Waals surface area (Å²) < 4.78 is 47.3. The SMILES string of the molecule is CCn1c(C(=O)NC(c2ccc(Cl)c(Cl)c2)C(F)(F)F)cc2cc(OC(=O)O)c(Cl)cc21. The molecule has 32 heavy (non-hydrogen) atoms. The van der Waals surface area contributed by atoms with E-state index in [0.717, 1.165) is 12.1 Å². The molecule has 170 valence electrons. The number of fused-ring (bicyclic) bond motifs is 1. The molecule has 1 amide bonds. The van der Waals surface area contributed by atoms with E-state index in [-0.39, 0.29) is 38.6 Å². The molecule has 1 aromatic heterocycles. The molecule has 0 aliphatic heterocycles. The normalized spacial score (nSPS) is 12.6. The molecule has 1 atom stereocenters. The topological polar surface area (TPSA) is 80.6 Å². The molecule has 0 spiro atoms. The number of carbonyl (C=O) groups excluding carboxylic acids is 1. The summed E-state index contributed by atoms with van der Waals surface area (Å²) in [5.41, 5.74) is 0.0402. The smallest absolute Gasteiger partial charge is 0.449 e. The number of benzene rings is 2. The van der Waals surface area contributed by atoms with Crippen molar-refractivity contribution >= 4 is 57.8 Å². The quantitative estimate of drug-likeness (QED) is 0.296. The van der Waals surface area contributed by atoms with Crippen LogP contribution in [0.3, 0.4) is 0 Å². The summed E-state index contributed by atoms with van der Waals surface area (Å²) in [5, 5.41) is 11.1. The third kappa shape index (κ3) is 4.90. The Labute approximate surface area is 194 Å². The summed E-state index contributed by atoms with van der Waals surface area (Å²) >= 11 is 17.7. The van der Waals surface area contributed by atoms with Gasteiger partial charge in [-0.1, -0.05) is 40.9 Å². The van der Waals surface area contributed by atoms with Crippen LogP contribution in [0.15, 0.2) is 36.4 Å². The van der Waals surface area contributed by atoms with Gasteiger partial charge in [-0.2, -0.15) is 13.2 Å². The second-order valence-corrected chi connectivity index (χ2v) is 7.83. The lowest BCUT2D eigenvalue weighted by atomic mass is 10.1. The zero-order chi connectivity index (χ0) is 23.8. The third-order valence-corrected chi connectivity index (χ3v) is 5.62. The van der Waals surface area contributed by atoms with Gasteiger partial charge in [0.05, 0.1) is 20.6 Å². The van der Waals surface area contributed by atoms with Gasteiger partial charge in [0, 0.05) is 11.9 Å². The number of carboxylic acid groups (broad SMARTS) is 1. The predicted octanol–water partition coefficient (Wildman–Crippen LogP) is 6.71. The number of amides is 1. The molecule has 1 unspecified atom stereocenters.